The number of carbonyl (C=O) groups is 2. The van der Waals surface area contributed by atoms with Gasteiger partial charge in [0.25, 0.3) is 0 Å². The molecular formula is C17H17FO2. The summed E-state index contributed by atoms with van der Waals surface area (Å²) in [6.07, 6.45) is 6.21. The molecule has 20 heavy (non-hydrogen) atoms. The number of carbonyl (C=O) groups excluding carboxylic acids is 2. The van der Waals surface area contributed by atoms with Gasteiger partial charge in [0.15, 0.2) is 11.6 Å². The highest BCUT2D eigenvalue weighted by molar-refractivity contribution is 6.20. The van der Waals surface area contributed by atoms with Crippen LogP contribution in [-0.4, -0.2) is 11.6 Å². The summed E-state index contributed by atoms with van der Waals surface area (Å²) in [5.41, 5.74) is 1.60. The molecular weight excluding hydrogens is 255 g/mol. The van der Waals surface area contributed by atoms with Crippen LogP contribution in [-0.2, 0) is 16.0 Å². The predicted molar refractivity (Wildman–Crippen MR) is 75.9 cm³/mol. The van der Waals surface area contributed by atoms with E-state index < -0.39 is 0 Å². The minimum absolute atomic E-state index is 0.150. The van der Waals surface area contributed by atoms with Crippen LogP contribution >= 0.6 is 0 Å². The van der Waals surface area contributed by atoms with Crippen molar-refractivity contribution in [2.24, 2.45) is 5.92 Å². The number of benzene rings is 1. The van der Waals surface area contributed by atoms with Crippen LogP contribution in [0.4, 0.5) is 4.39 Å². The Morgan fingerprint density at radius 2 is 2.15 bits per heavy atom. The Hall–Kier alpha value is -2.03. The second-order valence-corrected chi connectivity index (χ2v) is 5.15. The van der Waals surface area contributed by atoms with Crippen LogP contribution in [0.5, 0.6) is 0 Å². The minimum Gasteiger partial charge on any atom is -0.294 e. The number of hydrogen-bond acceptors (Lipinski definition) is 2. The fourth-order valence-corrected chi connectivity index (χ4v) is 2.33. The lowest BCUT2D eigenvalue weighted by molar-refractivity contribution is -0.122. The van der Waals surface area contributed by atoms with E-state index in [0.717, 1.165) is 5.56 Å². The standard InChI is InChI=1S/C17H17FO2/c1-11-7-8-13(10-16(11)18)9-14-5-3-4-6-15(12(2)19)17(14)20/h3-4,6-8,10,14H,5,9H2,1-2H3. The normalized spacial score (nSPS) is 18.6. The van der Waals surface area contributed by atoms with Gasteiger partial charge in [-0.2, -0.15) is 0 Å². The highest BCUT2D eigenvalue weighted by Gasteiger charge is 2.25. The van der Waals surface area contributed by atoms with Gasteiger partial charge in [0.2, 0.25) is 0 Å². The number of allylic oxidation sites excluding steroid dienone is 4. The van der Waals surface area contributed by atoms with Gasteiger partial charge in [0, 0.05) is 5.92 Å². The largest absolute Gasteiger partial charge is 0.294 e. The first-order valence-corrected chi connectivity index (χ1v) is 6.66. The minimum atomic E-state index is -0.300. The van der Waals surface area contributed by atoms with Crippen LogP contribution in [0.15, 0.2) is 42.0 Å². The number of halogens is 1. The van der Waals surface area contributed by atoms with E-state index in [-0.39, 0.29) is 28.9 Å². The number of aryl methyl sites for hydroxylation is 1. The van der Waals surface area contributed by atoms with Crippen molar-refractivity contribution < 1.29 is 14.0 Å². The van der Waals surface area contributed by atoms with Crippen molar-refractivity contribution >= 4 is 11.6 Å². The predicted octanol–water partition coefficient (Wildman–Crippen LogP) is 3.34. The Balaban J connectivity index is 2.22. The van der Waals surface area contributed by atoms with E-state index in [4.69, 9.17) is 0 Å². The summed E-state index contributed by atoms with van der Waals surface area (Å²) >= 11 is 0. The molecule has 1 aliphatic carbocycles. The lowest BCUT2D eigenvalue weighted by atomic mass is 9.88. The van der Waals surface area contributed by atoms with Crippen molar-refractivity contribution in [3.63, 3.8) is 0 Å². The molecule has 0 bridgehead atoms. The van der Waals surface area contributed by atoms with Gasteiger partial charge in [0.05, 0.1) is 5.57 Å². The third-order valence-corrected chi connectivity index (χ3v) is 3.55. The van der Waals surface area contributed by atoms with Gasteiger partial charge in [-0.25, -0.2) is 4.39 Å². The van der Waals surface area contributed by atoms with Crippen molar-refractivity contribution in [1.82, 2.24) is 0 Å². The fraction of sp³-hybridized carbons (Fsp3) is 0.294. The van der Waals surface area contributed by atoms with Crippen LogP contribution < -0.4 is 0 Å². The molecule has 2 nitrogen and oxygen atoms in total. The van der Waals surface area contributed by atoms with E-state index in [1.54, 1.807) is 25.1 Å². The van der Waals surface area contributed by atoms with E-state index in [1.165, 1.54) is 13.0 Å². The van der Waals surface area contributed by atoms with Crippen LogP contribution in [0.25, 0.3) is 0 Å². The Bertz CT molecular complexity index is 611. The molecule has 3 heteroatoms. The molecule has 1 unspecified atom stereocenters. The van der Waals surface area contributed by atoms with E-state index in [0.29, 0.717) is 18.4 Å². The summed E-state index contributed by atoms with van der Waals surface area (Å²) in [7, 11) is 0. The Labute approximate surface area is 118 Å². The summed E-state index contributed by atoms with van der Waals surface area (Å²) < 4.78 is 13.6. The lowest BCUT2D eigenvalue weighted by Crippen LogP contribution is -2.21. The summed E-state index contributed by atoms with van der Waals surface area (Å²) in [5.74, 6) is -0.933. The summed E-state index contributed by atoms with van der Waals surface area (Å²) in [5, 5.41) is 0. The van der Waals surface area contributed by atoms with Gasteiger partial charge < -0.3 is 0 Å². The van der Waals surface area contributed by atoms with Crippen LogP contribution in [0, 0.1) is 18.7 Å². The van der Waals surface area contributed by atoms with Gasteiger partial charge in [-0.3, -0.25) is 9.59 Å². The van der Waals surface area contributed by atoms with E-state index >= 15 is 0 Å². The first-order valence-electron chi connectivity index (χ1n) is 6.66. The molecule has 0 aliphatic heterocycles. The second kappa shape index (κ2) is 5.95. The van der Waals surface area contributed by atoms with E-state index in [2.05, 4.69) is 0 Å². The molecule has 1 aromatic carbocycles. The Morgan fingerprint density at radius 1 is 1.40 bits per heavy atom. The molecule has 0 saturated carbocycles. The van der Waals surface area contributed by atoms with Crippen molar-refractivity contribution in [2.45, 2.75) is 26.7 Å². The first kappa shape index (κ1) is 14.4. The fourth-order valence-electron chi connectivity index (χ4n) is 2.33. The number of rotatable bonds is 3. The molecule has 1 aliphatic rings. The van der Waals surface area contributed by atoms with E-state index in [9.17, 15) is 14.0 Å². The van der Waals surface area contributed by atoms with E-state index in [1.807, 2.05) is 12.1 Å². The topological polar surface area (TPSA) is 34.1 Å². The summed E-state index contributed by atoms with van der Waals surface area (Å²) in [6.45, 7) is 3.10. The van der Waals surface area contributed by atoms with Crippen LogP contribution in [0.1, 0.15) is 24.5 Å². The maximum Gasteiger partial charge on any atom is 0.170 e. The highest BCUT2D eigenvalue weighted by Crippen LogP contribution is 2.22. The molecule has 1 atom stereocenters. The van der Waals surface area contributed by atoms with Gasteiger partial charge in [-0.1, -0.05) is 24.3 Å². The van der Waals surface area contributed by atoms with Crippen molar-refractivity contribution in [1.29, 1.82) is 0 Å². The third kappa shape index (κ3) is 3.10. The Kier molecular flexibility index (Phi) is 4.28. The molecule has 0 saturated heterocycles. The average molecular weight is 272 g/mol. The van der Waals surface area contributed by atoms with Gasteiger partial charge in [0.1, 0.15) is 5.82 Å². The zero-order valence-electron chi connectivity index (χ0n) is 11.7. The first-order chi connectivity index (χ1) is 9.49. The highest BCUT2D eigenvalue weighted by atomic mass is 19.1. The quantitative estimate of drug-likeness (QED) is 0.791. The molecule has 0 heterocycles. The zero-order chi connectivity index (χ0) is 14.7. The molecule has 104 valence electrons. The van der Waals surface area contributed by atoms with Crippen molar-refractivity contribution in [2.75, 3.05) is 0 Å². The third-order valence-electron chi connectivity index (χ3n) is 3.55. The molecule has 0 N–H and O–H groups in total. The average Bonchev–Trinajstić information content (AvgIpc) is 2.57. The number of Topliss-reactive ketones (excluding diaryl/α,β-unsaturated/α-hetero) is 2. The molecule has 0 radical (unpaired) electrons. The molecule has 0 fully saturated rings. The zero-order valence-corrected chi connectivity index (χ0v) is 11.7. The lowest BCUT2D eigenvalue weighted by Gasteiger charge is -2.14. The number of hydrogen-bond donors (Lipinski definition) is 0. The molecule has 1 aromatic rings. The van der Waals surface area contributed by atoms with Crippen LogP contribution in [0.2, 0.25) is 0 Å². The van der Waals surface area contributed by atoms with Gasteiger partial charge in [-0.15, -0.1) is 0 Å². The molecule has 2 rings (SSSR count). The molecule has 0 spiro atoms. The SMILES string of the molecule is CC(=O)C1=CC=CCC(Cc2ccc(C)c(F)c2)C1=O. The van der Waals surface area contributed by atoms with Crippen molar-refractivity contribution in [3.8, 4) is 0 Å². The van der Waals surface area contributed by atoms with Crippen LogP contribution in [0.3, 0.4) is 0 Å². The molecule has 0 aromatic heterocycles. The molecule has 0 amide bonds. The number of ketones is 2. The maximum absolute atomic E-state index is 13.6. The maximum atomic E-state index is 13.6. The summed E-state index contributed by atoms with van der Waals surface area (Å²) in [4.78, 5) is 23.8. The Morgan fingerprint density at radius 3 is 2.80 bits per heavy atom. The van der Waals surface area contributed by atoms with Gasteiger partial charge >= 0.3 is 0 Å². The van der Waals surface area contributed by atoms with Crippen molar-refractivity contribution in [3.05, 3.63) is 58.9 Å². The summed E-state index contributed by atoms with van der Waals surface area (Å²) in [6, 6.07) is 5.01. The smallest absolute Gasteiger partial charge is 0.170 e. The van der Waals surface area contributed by atoms with Gasteiger partial charge in [-0.05, 0) is 50.0 Å². The second-order valence-electron chi connectivity index (χ2n) is 5.15. The monoisotopic (exact) mass is 272 g/mol.